The molecule has 0 saturated heterocycles. The molecule has 76 valence electrons. The van der Waals surface area contributed by atoms with Crippen LogP contribution in [0.1, 0.15) is 32.6 Å². The molecule has 1 fully saturated rings. The Bertz CT molecular complexity index is 268. The minimum absolute atomic E-state index is 0.877. The fraction of sp³-hybridized carbons (Fsp3) is 0.538. The van der Waals surface area contributed by atoms with Gasteiger partial charge in [0.25, 0.3) is 0 Å². The van der Waals surface area contributed by atoms with Gasteiger partial charge in [0.1, 0.15) is 0 Å². The zero-order valence-corrected chi connectivity index (χ0v) is 9.59. The van der Waals surface area contributed by atoms with Crippen LogP contribution in [0.25, 0.3) is 0 Å². The van der Waals surface area contributed by atoms with Gasteiger partial charge in [-0.3, -0.25) is 0 Å². The molecule has 0 amide bonds. The Morgan fingerprint density at radius 1 is 1.21 bits per heavy atom. The van der Waals surface area contributed by atoms with E-state index in [4.69, 9.17) is 0 Å². The van der Waals surface area contributed by atoms with Gasteiger partial charge in [0, 0.05) is 10.1 Å². The van der Waals surface area contributed by atoms with Crippen molar-refractivity contribution in [1.29, 1.82) is 0 Å². The van der Waals surface area contributed by atoms with Crippen molar-refractivity contribution in [1.82, 2.24) is 0 Å². The highest BCUT2D eigenvalue weighted by molar-refractivity contribution is 8.00. The Hall–Kier alpha value is -0.430. The van der Waals surface area contributed by atoms with Gasteiger partial charge in [-0.25, -0.2) is 0 Å². The normalized spacial score (nSPS) is 26.6. The van der Waals surface area contributed by atoms with Crippen molar-refractivity contribution in [3.63, 3.8) is 0 Å². The second-order valence-electron chi connectivity index (χ2n) is 4.07. The van der Waals surface area contributed by atoms with Crippen molar-refractivity contribution in [3.05, 3.63) is 30.3 Å². The summed E-state index contributed by atoms with van der Waals surface area (Å²) in [5.74, 6) is 0.959. The molecule has 0 spiro atoms. The van der Waals surface area contributed by atoms with Crippen LogP contribution in [-0.4, -0.2) is 5.25 Å². The van der Waals surface area contributed by atoms with Crippen LogP contribution in [-0.2, 0) is 0 Å². The lowest BCUT2D eigenvalue weighted by molar-refractivity contribution is 0.541. The summed E-state index contributed by atoms with van der Waals surface area (Å²) in [6, 6.07) is 10.8. The lowest BCUT2D eigenvalue weighted by Crippen LogP contribution is -2.08. The molecule has 0 radical (unpaired) electrons. The van der Waals surface area contributed by atoms with Crippen molar-refractivity contribution >= 4 is 11.8 Å². The fourth-order valence-electron chi connectivity index (χ4n) is 2.30. The van der Waals surface area contributed by atoms with Gasteiger partial charge in [0.15, 0.2) is 0 Å². The number of rotatable bonds is 3. The summed E-state index contributed by atoms with van der Waals surface area (Å²) in [4.78, 5) is 1.44. The van der Waals surface area contributed by atoms with E-state index in [1.807, 2.05) is 0 Å². The first kappa shape index (κ1) is 10.1. The predicted molar refractivity (Wildman–Crippen MR) is 63.7 cm³/mol. The summed E-state index contributed by atoms with van der Waals surface area (Å²) in [6.45, 7) is 2.33. The molecule has 2 rings (SSSR count). The molecule has 1 aliphatic carbocycles. The van der Waals surface area contributed by atoms with Crippen molar-refractivity contribution < 1.29 is 0 Å². The Kier molecular flexibility index (Phi) is 3.52. The van der Waals surface area contributed by atoms with E-state index in [1.54, 1.807) is 0 Å². The van der Waals surface area contributed by atoms with E-state index in [9.17, 15) is 0 Å². The standard InChI is InChI=1S/C13H18S/c1-2-11-7-6-10-13(11)14-12-8-4-3-5-9-12/h3-5,8-9,11,13H,2,6-7,10H2,1H3/t11-,13+/m1/s1. The molecule has 14 heavy (non-hydrogen) atoms. The summed E-state index contributed by atoms with van der Waals surface area (Å²) >= 11 is 2.08. The summed E-state index contributed by atoms with van der Waals surface area (Å²) in [6.07, 6.45) is 5.65. The highest BCUT2D eigenvalue weighted by Gasteiger charge is 2.26. The van der Waals surface area contributed by atoms with Crippen LogP contribution < -0.4 is 0 Å². The third kappa shape index (κ3) is 2.33. The topological polar surface area (TPSA) is 0 Å². The average Bonchev–Trinajstić information content (AvgIpc) is 2.67. The highest BCUT2D eigenvalue weighted by Crippen LogP contribution is 2.40. The van der Waals surface area contributed by atoms with Crippen LogP contribution >= 0.6 is 11.8 Å². The van der Waals surface area contributed by atoms with E-state index in [2.05, 4.69) is 49.0 Å². The molecule has 1 aromatic rings. The molecule has 1 aromatic carbocycles. The van der Waals surface area contributed by atoms with Gasteiger partial charge in [0.2, 0.25) is 0 Å². The Balaban J connectivity index is 1.97. The summed E-state index contributed by atoms with van der Waals surface area (Å²) < 4.78 is 0. The van der Waals surface area contributed by atoms with Gasteiger partial charge in [0.05, 0.1) is 0 Å². The number of thioether (sulfide) groups is 1. The average molecular weight is 206 g/mol. The summed E-state index contributed by atoms with van der Waals surface area (Å²) in [5.41, 5.74) is 0. The highest BCUT2D eigenvalue weighted by atomic mass is 32.2. The zero-order chi connectivity index (χ0) is 9.80. The van der Waals surface area contributed by atoms with Crippen LogP contribution in [0.4, 0.5) is 0 Å². The molecule has 1 aliphatic rings. The number of benzene rings is 1. The molecule has 0 nitrogen and oxygen atoms in total. The lowest BCUT2D eigenvalue weighted by Gasteiger charge is -2.17. The Morgan fingerprint density at radius 2 is 2.00 bits per heavy atom. The van der Waals surface area contributed by atoms with Gasteiger partial charge in [-0.2, -0.15) is 0 Å². The summed E-state index contributed by atoms with van der Waals surface area (Å²) in [7, 11) is 0. The van der Waals surface area contributed by atoms with E-state index in [-0.39, 0.29) is 0 Å². The molecule has 1 heteroatoms. The van der Waals surface area contributed by atoms with E-state index in [1.165, 1.54) is 30.6 Å². The minimum atomic E-state index is 0.877. The smallest absolute Gasteiger partial charge is 0.0123 e. The van der Waals surface area contributed by atoms with Crippen LogP contribution in [0.2, 0.25) is 0 Å². The Labute approximate surface area is 91.1 Å². The first-order chi connectivity index (χ1) is 6.90. The van der Waals surface area contributed by atoms with Gasteiger partial charge in [-0.05, 0) is 30.9 Å². The van der Waals surface area contributed by atoms with Crippen molar-refractivity contribution in [2.45, 2.75) is 42.8 Å². The van der Waals surface area contributed by atoms with Gasteiger partial charge in [-0.1, -0.05) is 38.0 Å². The minimum Gasteiger partial charge on any atom is -0.122 e. The van der Waals surface area contributed by atoms with Gasteiger partial charge in [-0.15, -0.1) is 11.8 Å². The quantitative estimate of drug-likeness (QED) is 0.708. The SMILES string of the molecule is CC[C@@H]1CCC[C@@H]1Sc1ccccc1. The molecule has 0 aromatic heterocycles. The van der Waals surface area contributed by atoms with Crippen molar-refractivity contribution in [2.24, 2.45) is 5.92 Å². The van der Waals surface area contributed by atoms with Crippen LogP contribution in [0, 0.1) is 5.92 Å². The number of hydrogen-bond acceptors (Lipinski definition) is 1. The molecular formula is C13H18S. The van der Waals surface area contributed by atoms with Crippen molar-refractivity contribution in [3.8, 4) is 0 Å². The molecule has 0 unspecified atom stereocenters. The molecular weight excluding hydrogens is 188 g/mol. The van der Waals surface area contributed by atoms with Gasteiger partial charge >= 0.3 is 0 Å². The van der Waals surface area contributed by atoms with E-state index in [0.29, 0.717) is 0 Å². The summed E-state index contributed by atoms with van der Waals surface area (Å²) in [5, 5.41) is 0.877. The van der Waals surface area contributed by atoms with Gasteiger partial charge < -0.3 is 0 Å². The molecule has 1 saturated carbocycles. The zero-order valence-electron chi connectivity index (χ0n) is 8.78. The van der Waals surface area contributed by atoms with E-state index >= 15 is 0 Å². The second kappa shape index (κ2) is 4.88. The van der Waals surface area contributed by atoms with Crippen LogP contribution in [0.3, 0.4) is 0 Å². The second-order valence-corrected chi connectivity index (χ2v) is 5.38. The number of hydrogen-bond donors (Lipinski definition) is 0. The molecule has 0 aliphatic heterocycles. The monoisotopic (exact) mass is 206 g/mol. The fourth-order valence-corrected chi connectivity index (χ4v) is 3.77. The maximum atomic E-state index is 2.33. The van der Waals surface area contributed by atoms with E-state index < -0.39 is 0 Å². The van der Waals surface area contributed by atoms with Crippen molar-refractivity contribution in [2.75, 3.05) is 0 Å². The third-order valence-corrected chi connectivity index (χ3v) is 4.61. The maximum Gasteiger partial charge on any atom is 0.0123 e. The molecule has 0 heterocycles. The first-order valence-electron chi connectivity index (χ1n) is 5.62. The third-order valence-electron chi connectivity index (χ3n) is 3.14. The predicted octanol–water partition coefficient (Wildman–Crippen LogP) is 4.36. The lowest BCUT2D eigenvalue weighted by atomic mass is 10.1. The van der Waals surface area contributed by atoms with Crippen LogP contribution in [0.5, 0.6) is 0 Å². The first-order valence-corrected chi connectivity index (χ1v) is 6.50. The van der Waals surface area contributed by atoms with E-state index in [0.717, 1.165) is 11.2 Å². The Morgan fingerprint density at radius 3 is 2.71 bits per heavy atom. The molecule has 0 N–H and O–H groups in total. The molecule has 2 atom stereocenters. The van der Waals surface area contributed by atoms with Crippen LogP contribution in [0.15, 0.2) is 35.2 Å². The largest absolute Gasteiger partial charge is 0.122 e. The molecule has 0 bridgehead atoms. The maximum absolute atomic E-state index is 2.33.